The van der Waals surface area contributed by atoms with Gasteiger partial charge in [-0.1, -0.05) is 45.4 Å². The van der Waals surface area contributed by atoms with Crippen LogP contribution in [0.1, 0.15) is 68.2 Å². The summed E-state index contributed by atoms with van der Waals surface area (Å²) in [4.78, 5) is 29.4. The number of hydrogen-bond acceptors (Lipinski definition) is 7. The molecule has 1 aromatic heterocycles. The zero-order valence-electron chi connectivity index (χ0n) is 19.7. The van der Waals surface area contributed by atoms with E-state index < -0.39 is 12.0 Å². The highest BCUT2D eigenvalue weighted by molar-refractivity contribution is 7.99. The Bertz CT molecular complexity index is 1080. The largest absolute Gasteiger partial charge is 0.462 e. The monoisotopic (exact) mass is 466 g/mol. The van der Waals surface area contributed by atoms with E-state index in [0.29, 0.717) is 24.3 Å². The summed E-state index contributed by atoms with van der Waals surface area (Å²) in [7, 11) is 0. The molecule has 3 rings (SSSR count). The molecule has 0 aliphatic carbocycles. The Hall–Kier alpha value is -2.82. The molecule has 0 saturated carbocycles. The van der Waals surface area contributed by atoms with Crippen LogP contribution in [0.4, 0.5) is 0 Å². The van der Waals surface area contributed by atoms with Crippen LogP contribution in [0.15, 0.2) is 41.4 Å². The van der Waals surface area contributed by atoms with Gasteiger partial charge in [-0.25, -0.2) is 9.78 Å². The van der Waals surface area contributed by atoms with Crippen molar-refractivity contribution in [2.45, 2.75) is 62.8 Å². The summed E-state index contributed by atoms with van der Waals surface area (Å²) >= 11 is 1.55. The molecule has 1 unspecified atom stereocenters. The smallest absolute Gasteiger partial charge is 0.339 e. The van der Waals surface area contributed by atoms with Gasteiger partial charge < -0.3 is 15.2 Å². The fraction of sp³-hybridized carbons (Fsp3) is 0.423. The summed E-state index contributed by atoms with van der Waals surface area (Å²) in [6, 6.07) is 8.80. The highest BCUT2D eigenvalue weighted by Gasteiger charge is 2.36. The Morgan fingerprint density at radius 3 is 2.64 bits per heavy atom. The molecular formula is C26H30N2O4S. The number of aromatic nitrogens is 1. The van der Waals surface area contributed by atoms with E-state index in [0.717, 1.165) is 10.5 Å². The molecule has 2 N–H and O–H groups in total. The first-order valence-electron chi connectivity index (χ1n) is 11.0. The van der Waals surface area contributed by atoms with E-state index in [4.69, 9.17) is 15.2 Å². The molecule has 6 nitrogen and oxygen atoms in total. The zero-order chi connectivity index (χ0) is 24.2. The van der Waals surface area contributed by atoms with Crippen molar-refractivity contribution in [1.82, 2.24) is 4.98 Å². The van der Waals surface area contributed by atoms with E-state index in [-0.39, 0.29) is 22.7 Å². The number of thioether (sulfide) groups is 1. The summed E-state index contributed by atoms with van der Waals surface area (Å²) in [5, 5.41) is 0. The van der Waals surface area contributed by atoms with Crippen LogP contribution >= 0.6 is 11.8 Å². The number of benzene rings is 1. The van der Waals surface area contributed by atoms with Crippen molar-refractivity contribution < 1.29 is 19.1 Å². The van der Waals surface area contributed by atoms with E-state index >= 15 is 0 Å². The highest BCUT2D eigenvalue weighted by atomic mass is 32.2. The average Bonchev–Trinajstić information content (AvgIpc) is 2.77. The molecule has 0 fully saturated rings. The maximum Gasteiger partial charge on any atom is 0.339 e. The fourth-order valence-electron chi connectivity index (χ4n) is 3.43. The van der Waals surface area contributed by atoms with E-state index in [2.05, 4.69) is 36.7 Å². The number of esters is 2. The summed E-state index contributed by atoms with van der Waals surface area (Å²) in [5.41, 5.74) is 8.50. The molecule has 2 heterocycles. The van der Waals surface area contributed by atoms with Crippen molar-refractivity contribution in [2.75, 3.05) is 6.61 Å². The van der Waals surface area contributed by atoms with Crippen LogP contribution in [-0.2, 0) is 19.7 Å². The van der Waals surface area contributed by atoms with Gasteiger partial charge in [-0.2, -0.15) is 0 Å². The molecule has 0 amide bonds. The Morgan fingerprint density at radius 2 is 2.00 bits per heavy atom. The molecule has 33 heavy (non-hydrogen) atoms. The van der Waals surface area contributed by atoms with Gasteiger partial charge in [-0.15, -0.1) is 0 Å². The van der Waals surface area contributed by atoms with Gasteiger partial charge in [0.15, 0.2) is 5.44 Å². The van der Waals surface area contributed by atoms with Crippen molar-refractivity contribution in [3.8, 4) is 11.8 Å². The van der Waals surface area contributed by atoms with Crippen LogP contribution in [0.3, 0.4) is 0 Å². The second-order valence-electron chi connectivity index (χ2n) is 8.96. The second-order valence-corrected chi connectivity index (χ2v) is 10.2. The van der Waals surface area contributed by atoms with E-state index in [1.165, 1.54) is 11.8 Å². The Morgan fingerprint density at radius 1 is 1.24 bits per heavy atom. The minimum atomic E-state index is -0.618. The topological polar surface area (TPSA) is 91.5 Å². The molecule has 1 aromatic carbocycles. The minimum Gasteiger partial charge on any atom is -0.462 e. The molecule has 1 aliphatic heterocycles. The van der Waals surface area contributed by atoms with Gasteiger partial charge in [0.25, 0.3) is 0 Å². The Kier molecular flexibility index (Phi) is 7.83. The van der Waals surface area contributed by atoms with Gasteiger partial charge >= 0.3 is 11.9 Å². The second kappa shape index (κ2) is 10.4. The molecule has 0 spiro atoms. The van der Waals surface area contributed by atoms with Gasteiger partial charge in [-0.3, -0.25) is 4.79 Å². The van der Waals surface area contributed by atoms with Crippen molar-refractivity contribution in [2.24, 2.45) is 11.7 Å². The molecular weight excluding hydrogens is 436 g/mol. The standard InChI is InChI=1S/C26H30N2O4S/c1-6-31-24(29)18-9-11-19(28-15-18)10-7-17-8-12-21-20(13-17)26(4,5)14-22(33-21)32-25(30)23(27)16(2)3/h8-9,11-13,15-16,22-23H,6,14,27H2,1-5H3/t22?,23-/m0/s1. The number of ether oxygens (including phenoxy) is 2. The zero-order valence-corrected chi connectivity index (χ0v) is 20.5. The minimum absolute atomic E-state index is 0.0309. The third kappa shape index (κ3) is 6.16. The average molecular weight is 467 g/mol. The first-order chi connectivity index (χ1) is 15.6. The Labute approximate surface area is 199 Å². The summed E-state index contributed by atoms with van der Waals surface area (Å²) in [5.74, 6) is 5.48. The van der Waals surface area contributed by atoms with Crippen LogP contribution in [0.5, 0.6) is 0 Å². The van der Waals surface area contributed by atoms with Gasteiger partial charge in [0.1, 0.15) is 11.7 Å². The van der Waals surface area contributed by atoms with E-state index in [9.17, 15) is 9.59 Å². The quantitative estimate of drug-likeness (QED) is 0.519. The third-order valence-corrected chi connectivity index (χ3v) is 6.63. The lowest BCUT2D eigenvalue weighted by atomic mass is 9.80. The molecule has 0 bridgehead atoms. The lowest BCUT2D eigenvalue weighted by molar-refractivity contribution is -0.148. The van der Waals surface area contributed by atoms with Gasteiger partial charge in [0.05, 0.1) is 12.2 Å². The molecule has 0 saturated heterocycles. The number of carbonyl (C=O) groups excluding carboxylic acids is 2. The van der Waals surface area contributed by atoms with Gasteiger partial charge in [0, 0.05) is 23.1 Å². The maximum atomic E-state index is 12.3. The first kappa shape index (κ1) is 24.8. The van der Waals surface area contributed by atoms with Crippen molar-refractivity contribution in [1.29, 1.82) is 0 Å². The fourth-order valence-corrected chi connectivity index (χ4v) is 4.97. The SMILES string of the molecule is CCOC(=O)c1ccc(C#Cc2ccc3c(c2)C(C)(C)CC(OC(=O)[C@@H](N)C(C)C)S3)nc1. The molecule has 0 radical (unpaired) electrons. The van der Waals surface area contributed by atoms with Gasteiger partial charge in [-0.05, 0) is 60.1 Å². The highest BCUT2D eigenvalue weighted by Crippen LogP contribution is 2.46. The van der Waals surface area contributed by atoms with Crippen LogP contribution < -0.4 is 5.73 Å². The molecule has 2 atom stereocenters. The number of nitrogens with zero attached hydrogens (tertiary/aromatic N) is 1. The van der Waals surface area contributed by atoms with E-state index in [1.807, 2.05) is 26.0 Å². The van der Waals surface area contributed by atoms with Crippen LogP contribution in [0.25, 0.3) is 0 Å². The van der Waals surface area contributed by atoms with Crippen molar-refractivity contribution >= 4 is 23.7 Å². The summed E-state index contributed by atoms with van der Waals surface area (Å²) < 4.78 is 10.7. The number of rotatable bonds is 5. The van der Waals surface area contributed by atoms with Crippen LogP contribution in [0.2, 0.25) is 0 Å². The van der Waals surface area contributed by atoms with Crippen LogP contribution in [0, 0.1) is 17.8 Å². The molecule has 2 aromatic rings. The maximum absolute atomic E-state index is 12.3. The Balaban J connectivity index is 1.75. The predicted molar refractivity (Wildman–Crippen MR) is 129 cm³/mol. The van der Waals surface area contributed by atoms with Crippen molar-refractivity contribution in [3.05, 3.63) is 58.9 Å². The van der Waals surface area contributed by atoms with Gasteiger partial charge in [0.2, 0.25) is 0 Å². The normalized spacial score (nSPS) is 17.4. The number of fused-ring (bicyclic) bond motifs is 1. The number of nitrogens with two attached hydrogens (primary N) is 1. The summed E-state index contributed by atoms with van der Waals surface area (Å²) in [6.45, 7) is 10.2. The number of carbonyl (C=O) groups is 2. The number of hydrogen-bond donors (Lipinski definition) is 1. The molecule has 7 heteroatoms. The van der Waals surface area contributed by atoms with Crippen molar-refractivity contribution in [3.63, 3.8) is 0 Å². The predicted octanol–water partition coefficient (Wildman–Crippen LogP) is 4.28. The number of pyridine rings is 1. The summed E-state index contributed by atoms with van der Waals surface area (Å²) in [6.07, 6.45) is 2.16. The van der Waals surface area contributed by atoms with E-state index in [1.54, 1.807) is 30.8 Å². The molecule has 174 valence electrons. The lowest BCUT2D eigenvalue weighted by Crippen LogP contribution is -2.40. The van der Waals surface area contributed by atoms with Crippen LogP contribution in [-0.4, -0.2) is 35.0 Å². The first-order valence-corrected chi connectivity index (χ1v) is 11.9. The lowest BCUT2D eigenvalue weighted by Gasteiger charge is -2.37. The third-order valence-electron chi connectivity index (χ3n) is 5.49. The molecule has 1 aliphatic rings.